The van der Waals surface area contributed by atoms with Gasteiger partial charge in [0.25, 0.3) is 0 Å². The van der Waals surface area contributed by atoms with Crippen LogP contribution in [0.25, 0.3) is 0 Å². The first-order valence-corrected chi connectivity index (χ1v) is 8.96. The monoisotopic (exact) mass is 522 g/mol. The summed E-state index contributed by atoms with van der Waals surface area (Å²) in [6.07, 6.45) is 0. The molecule has 3 aromatic carbocycles. The first-order chi connectivity index (χ1) is 10.4. The van der Waals surface area contributed by atoms with Crippen LogP contribution in [0.4, 0.5) is 0 Å². The summed E-state index contributed by atoms with van der Waals surface area (Å²) in [5.41, 5.74) is 1.97. The molecule has 0 aliphatic carbocycles. The quantitative estimate of drug-likeness (QED) is 0.440. The van der Waals surface area contributed by atoms with Crippen molar-refractivity contribution in [1.29, 1.82) is 0 Å². The molecule has 0 aliphatic heterocycles. The van der Waals surface area contributed by atoms with Crippen molar-refractivity contribution < 1.29 is 32.3 Å². The van der Waals surface area contributed by atoms with Gasteiger partial charge >= 0.3 is 0 Å². The molecule has 22 heavy (non-hydrogen) atoms. The third-order valence-electron chi connectivity index (χ3n) is 3.90. The molecule has 0 aliphatic rings. The molecule has 0 spiro atoms. The maximum Gasteiger partial charge on any atom is 0.0989 e. The van der Waals surface area contributed by atoms with E-state index in [0.29, 0.717) is 5.66 Å². The van der Waals surface area contributed by atoms with Crippen LogP contribution in [0.2, 0.25) is 0 Å². The minimum Gasteiger partial charge on any atom is -0.0622 e. The van der Waals surface area contributed by atoms with Gasteiger partial charge < -0.3 is 0 Å². The van der Waals surface area contributed by atoms with Gasteiger partial charge in [0.2, 0.25) is 0 Å². The SMILES string of the molecule is CC(c1ccccc1)[PH+](c1ccccc1)c1ccccc1.[Pa]. The molecule has 0 N–H and O–H groups in total. The van der Waals surface area contributed by atoms with Crippen LogP contribution >= 0.6 is 7.92 Å². The summed E-state index contributed by atoms with van der Waals surface area (Å²) in [5.74, 6) is 0. The van der Waals surface area contributed by atoms with Gasteiger partial charge in [-0.2, -0.15) is 0 Å². The molecule has 0 bridgehead atoms. The predicted molar refractivity (Wildman–Crippen MR) is 95.3 cm³/mol. The van der Waals surface area contributed by atoms with Crippen LogP contribution in [0, 0.1) is 32.3 Å². The van der Waals surface area contributed by atoms with Gasteiger partial charge in [0.15, 0.2) is 0 Å². The molecule has 1 atom stereocenters. The third-order valence-corrected chi connectivity index (χ3v) is 7.01. The van der Waals surface area contributed by atoms with Gasteiger partial charge in [-0.1, -0.05) is 66.7 Å². The fourth-order valence-electron chi connectivity index (χ4n) is 2.81. The fourth-order valence-corrected chi connectivity index (χ4v) is 5.77. The van der Waals surface area contributed by atoms with Gasteiger partial charge in [-0.15, -0.1) is 0 Å². The Hall–Kier alpha value is -0.819. The van der Waals surface area contributed by atoms with Crippen molar-refractivity contribution in [2.45, 2.75) is 12.6 Å². The standard InChI is InChI=1S/C20H19P.Pa/c1-17(18-11-5-2-6-12-18)21(19-13-7-3-8-14-19)20-15-9-4-10-16-20;/h2-17H,1H3;/p+1. The average molecular weight is 522 g/mol. The van der Waals surface area contributed by atoms with E-state index in [2.05, 4.69) is 97.9 Å². The molecule has 0 saturated carbocycles. The third kappa shape index (κ3) is 4.13. The molecule has 2 heteroatoms. The molecule has 0 amide bonds. The Morgan fingerprint density at radius 2 is 0.955 bits per heavy atom. The molecule has 0 fully saturated rings. The largest absolute Gasteiger partial charge is 0.0989 e. The van der Waals surface area contributed by atoms with Crippen molar-refractivity contribution in [3.63, 3.8) is 0 Å². The zero-order valence-electron chi connectivity index (χ0n) is 12.8. The fraction of sp³-hybridized carbons (Fsp3) is 0.100. The second-order valence-corrected chi connectivity index (χ2v) is 8.13. The van der Waals surface area contributed by atoms with Crippen molar-refractivity contribution >= 4 is 18.5 Å². The molecule has 0 nitrogen and oxygen atoms in total. The van der Waals surface area contributed by atoms with Gasteiger partial charge in [-0.25, -0.2) is 0 Å². The Labute approximate surface area is 159 Å². The van der Waals surface area contributed by atoms with Crippen molar-refractivity contribution in [2.24, 2.45) is 0 Å². The van der Waals surface area contributed by atoms with Crippen molar-refractivity contribution in [2.75, 3.05) is 0 Å². The van der Waals surface area contributed by atoms with Crippen LogP contribution in [0.1, 0.15) is 18.1 Å². The molecular formula is C20H20PPa+. The second kappa shape index (κ2) is 8.72. The van der Waals surface area contributed by atoms with Crippen LogP contribution in [-0.4, -0.2) is 0 Å². The molecule has 0 saturated heterocycles. The zero-order chi connectivity index (χ0) is 14.5. The maximum atomic E-state index is 2.36. The summed E-state index contributed by atoms with van der Waals surface area (Å²) < 4.78 is 0. The molecule has 1 unspecified atom stereocenters. The molecule has 3 rings (SSSR count). The average Bonchev–Trinajstić information content (AvgIpc) is 2.58. The molecule has 0 aromatic heterocycles. The van der Waals surface area contributed by atoms with E-state index in [9.17, 15) is 0 Å². The smallest absolute Gasteiger partial charge is 0.0622 e. The van der Waals surface area contributed by atoms with Crippen molar-refractivity contribution in [1.82, 2.24) is 0 Å². The van der Waals surface area contributed by atoms with E-state index in [1.54, 1.807) is 0 Å². The Bertz CT molecular complexity index is 628. The van der Waals surface area contributed by atoms with E-state index in [-0.39, 0.29) is 32.3 Å². The minimum absolute atomic E-state index is 0. The van der Waals surface area contributed by atoms with Crippen molar-refractivity contribution in [3.05, 3.63) is 96.6 Å². The summed E-state index contributed by atoms with van der Waals surface area (Å²) in [5, 5.41) is 2.95. The first kappa shape index (κ1) is 17.5. The number of rotatable bonds is 4. The molecule has 0 heterocycles. The first-order valence-electron chi connectivity index (χ1n) is 7.39. The van der Waals surface area contributed by atoms with Crippen LogP contribution in [0.5, 0.6) is 0 Å². The Morgan fingerprint density at radius 1 is 0.591 bits per heavy atom. The summed E-state index contributed by atoms with van der Waals surface area (Å²) in [7, 11) is -0.830. The number of hydrogen-bond acceptors (Lipinski definition) is 0. The van der Waals surface area contributed by atoms with Crippen molar-refractivity contribution in [3.8, 4) is 0 Å². The number of hydrogen-bond donors (Lipinski definition) is 0. The maximum absolute atomic E-state index is 2.36. The Kier molecular flexibility index (Phi) is 6.95. The Morgan fingerprint density at radius 3 is 1.36 bits per heavy atom. The molecule has 1 radical (unpaired) electrons. The van der Waals surface area contributed by atoms with Crippen LogP contribution < -0.4 is 10.6 Å². The van der Waals surface area contributed by atoms with Gasteiger partial charge in [0.1, 0.15) is 0 Å². The summed E-state index contributed by atoms with van der Waals surface area (Å²) in [6, 6.07) is 32.8. The van der Waals surface area contributed by atoms with Gasteiger partial charge in [-0.3, -0.25) is 0 Å². The molecule has 107 valence electrons. The Balaban J connectivity index is 0.00000176. The zero-order valence-corrected chi connectivity index (χ0v) is 18.6. The molecule has 3 aromatic rings. The van der Waals surface area contributed by atoms with E-state index in [4.69, 9.17) is 0 Å². The second-order valence-electron chi connectivity index (χ2n) is 5.28. The van der Waals surface area contributed by atoms with Gasteiger partial charge in [0, 0.05) is 32.3 Å². The van der Waals surface area contributed by atoms with E-state index < -0.39 is 7.92 Å². The van der Waals surface area contributed by atoms with Gasteiger partial charge in [-0.05, 0) is 36.8 Å². The van der Waals surface area contributed by atoms with E-state index in [1.807, 2.05) is 0 Å². The summed E-state index contributed by atoms with van der Waals surface area (Å²) in [4.78, 5) is 0. The van der Waals surface area contributed by atoms with Gasteiger partial charge in [0.05, 0.1) is 24.2 Å². The predicted octanol–water partition coefficient (Wildman–Crippen LogP) is 4.61. The minimum atomic E-state index is -0.830. The van der Waals surface area contributed by atoms with Crippen LogP contribution in [-0.2, 0) is 0 Å². The summed E-state index contributed by atoms with van der Waals surface area (Å²) in [6.45, 7) is 2.36. The van der Waals surface area contributed by atoms with E-state index in [0.717, 1.165) is 0 Å². The number of benzene rings is 3. The summed E-state index contributed by atoms with van der Waals surface area (Å²) >= 11 is 0. The van der Waals surface area contributed by atoms with Crippen LogP contribution in [0.3, 0.4) is 0 Å². The van der Waals surface area contributed by atoms with E-state index >= 15 is 0 Å². The normalized spacial score (nSPS) is 11.7. The molecular weight excluding hydrogens is 502 g/mol. The topological polar surface area (TPSA) is 0 Å². The van der Waals surface area contributed by atoms with E-state index in [1.165, 1.54) is 16.2 Å². The van der Waals surface area contributed by atoms with Crippen LogP contribution in [0.15, 0.2) is 91.0 Å².